The summed E-state index contributed by atoms with van der Waals surface area (Å²) in [5.74, 6) is 0.470. The zero-order chi connectivity index (χ0) is 16.6. The summed E-state index contributed by atoms with van der Waals surface area (Å²) in [4.78, 5) is 0.129. The van der Waals surface area contributed by atoms with Gasteiger partial charge < -0.3 is 4.74 Å². The number of rotatable bonds is 5. The molecule has 1 saturated heterocycles. The monoisotopic (exact) mass is 347 g/mol. The van der Waals surface area contributed by atoms with E-state index in [0.29, 0.717) is 18.8 Å². The van der Waals surface area contributed by atoms with Crippen LogP contribution in [0.4, 0.5) is 0 Å². The second-order valence-corrected chi connectivity index (χ2v) is 9.87. The van der Waals surface area contributed by atoms with Crippen LogP contribution in [0, 0.1) is 0 Å². The molecule has 2 rings (SSSR count). The number of hydrogen-bond acceptors (Lipinski definition) is 5. The van der Waals surface area contributed by atoms with Crippen LogP contribution in [0.2, 0.25) is 0 Å². The van der Waals surface area contributed by atoms with E-state index in [1.807, 2.05) is 6.92 Å². The lowest BCUT2D eigenvalue weighted by molar-refractivity contribution is 0.272. The molecule has 0 aliphatic carbocycles. The fraction of sp³-hybridized carbons (Fsp3) is 0.571. The maximum atomic E-state index is 12.7. The highest BCUT2D eigenvalue weighted by Gasteiger charge is 2.46. The Bertz CT molecular complexity index is 740. The summed E-state index contributed by atoms with van der Waals surface area (Å²) in [6.07, 6.45) is 0.308. The van der Waals surface area contributed by atoms with E-state index in [-0.39, 0.29) is 16.4 Å². The summed E-state index contributed by atoms with van der Waals surface area (Å²) in [5, 5.41) is 0. The van der Waals surface area contributed by atoms with Crippen molar-refractivity contribution in [3.63, 3.8) is 0 Å². The van der Waals surface area contributed by atoms with E-state index in [2.05, 4.69) is 0 Å². The average Bonchev–Trinajstić information content (AvgIpc) is 2.74. The van der Waals surface area contributed by atoms with E-state index >= 15 is 0 Å². The van der Waals surface area contributed by atoms with Gasteiger partial charge in [-0.3, -0.25) is 0 Å². The fourth-order valence-corrected chi connectivity index (χ4v) is 6.36. The number of ether oxygens (including phenoxy) is 1. The lowest BCUT2D eigenvalue weighted by Gasteiger charge is -2.33. The molecule has 0 radical (unpaired) electrons. The fourth-order valence-electron chi connectivity index (χ4n) is 2.56. The van der Waals surface area contributed by atoms with Gasteiger partial charge in [-0.1, -0.05) is 0 Å². The van der Waals surface area contributed by atoms with Gasteiger partial charge in [0.2, 0.25) is 10.0 Å². The molecule has 1 aliphatic rings. The molecule has 0 N–H and O–H groups in total. The van der Waals surface area contributed by atoms with Gasteiger partial charge in [0, 0.05) is 12.6 Å². The lowest BCUT2D eigenvalue weighted by atomic mass is 10.0. The summed E-state index contributed by atoms with van der Waals surface area (Å²) < 4.78 is 55.2. The molecule has 1 atom stereocenters. The van der Waals surface area contributed by atoms with E-state index in [1.54, 1.807) is 19.1 Å². The molecule has 0 bridgehead atoms. The van der Waals surface area contributed by atoms with Gasteiger partial charge in [0.15, 0.2) is 9.84 Å². The first kappa shape index (κ1) is 17.2. The van der Waals surface area contributed by atoms with Crippen LogP contribution in [-0.4, -0.2) is 51.8 Å². The molecule has 0 saturated carbocycles. The van der Waals surface area contributed by atoms with Gasteiger partial charge in [-0.2, -0.15) is 4.31 Å². The highest BCUT2D eigenvalue weighted by atomic mass is 32.2. The minimum atomic E-state index is -3.75. The van der Waals surface area contributed by atoms with Crippen molar-refractivity contribution in [1.29, 1.82) is 0 Å². The summed E-state index contributed by atoms with van der Waals surface area (Å²) >= 11 is 0. The molecule has 1 heterocycles. The first-order chi connectivity index (χ1) is 10.1. The molecule has 1 fully saturated rings. The van der Waals surface area contributed by atoms with Gasteiger partial charge in [-0.15, -0.1) is 0 Å². The molecular weight excluding hydrogens is 326 g/mol. The molecule has 1 aliphatic heterocycles. The second-order valence-electron chi connectivity index (χ2n) is 5.72. The van der Waals surface area contributed by atoms with Crippen LogP contribution < -0.4 is 4.74 Å². The highest BCUT2D eigenvalue weighted by Crippen LogP contribution is 2.32. The van der Waals surface area contributed by atoms with Crippen LogP contribution in [0.5, 0.6) is 5.75 Å². The Balaban J connectivity index is 2.30. The molecular formula is C14H21NO5S2. The maximum Gasteiger partial charge on any atom is 0.243 e. The SMILES string of the molecule is CCOc1ccc(S(=O)(=O)N(C)[C@]2(C)CCS(=O)(=O)C2)cc1. The Hall–Kier alpha value is -1.12. The molecule has 0 amide bonds. The Morgan fingerprint density at radius 2 is 1.86 bits per heavy atom. The summed E-state index contributed by atoms with van der Waals surface area (Å²) in [5.41, 5.74) is -0.906. The van der Waals surface area contributed by atoms with E-state index in [4.69, 9.17) is 4.74 Å². The smallest absolute Gasteiger partial charge is 0.243 e. The third-order valence-corrected chi connectivity index (χ3v) is 7.95. The van der Waals surface area contributed by atoms with Crippen molar-refractivity contribution >= 4 is 19.9 Å². The predicted octanol–water partition coefficient (Wildman–Crippen LogP) is 1.28. The summed E-state index contributed by atoms with van der Waals surface area (Å²) in [6.45, 7) is 4.02. The molecule has 22 heavy (non-hydrogen) atoms. The first-order valence-electron chi connectivity index (χ1n) is 7.03. The van der Waals surface area contributed by atoms with Gasteiger partial charge >= 0.3 is 0 Å². The van der Waals surface area contributed by atoms with Crippen molar-refractivity contribution in [2.24, 2.45) is 0 Å². The maximum absolute atomic E-state index is 12.7. The second kappa shape index (κ2) is 5.82. The molecule has 1 aromatic carbocycles. The van der Waals surface area contributed by atoms with E-state index < -0.39 is 25.4 Å². The van der Waals surface area contributed by atoms with Gasteiger partial charge in [0.25, 0.3) is 0 Å². The number of sulfonamides is 1. The van der Waals surface area contributed by atoms with Crippen LogP contribution in [0.15, 0.2) is 29.2 Å². The van der Waals surface area contributed by atoms with Crippen molar-refractivity contribution in [2.45, 2.75) is 30.7 Å². The van der Waals surface area contributed by atoms with E-state index in [9.17, 15) is 16.8 Å². The molecule has 0 unspecified atom stereocenters. The van der Waals surface area contributed by atoms with Crippen LogP contribution >= 0.6 is 0 Å². The number of hydrogen-bond donors (Lipinski definition) is 0. The van der Waals surface area contributed by atoms with Crippen molar-refractivity contribution in [3.8, 4) is 5.75 Å². The molecule has 6 nitrogen and oxygen atoms in total. The Kier molecular flexibility index (Phi) is 4.56. The molecule has 0 aromatic heterocycles. The molecule has 0 spiro atoms. The topological polar surface area (TPSA) is 80.8 Å². The third kappa shape index (κ3) is 3.28. The van der Waals surface area contributed by atoms with Crippen LogP contribution in [0.25, 0.3) is 0 Å². The van der Waals surface area contributed by atoms with Gasteiger partial charge in [0.1, 0.15) is 5.75 Å². The Labute approximate surface area is 132 Å². The van der Waals surface area contributed by atoms with E-state index in [1.165, 1.54) is 23.5 Å². The molecule has 8 heteroatoms. The molecule has 124 valence electrons. The normalized spacial score (nSPS) is 24.5. The number of nitrogens with zero attached hydrogens (tertiary/aromatic N) is 1. The van der Waals surface area contributed by atoms with Gasteiger partial charge in [-0.05, 0) is 44.5 Å². The summed E-state index contributed by atoms with van der Waals surface area (Å²) in [6, 6.07) is 6.14. The number of sulfone groups is 1. The highest BCUT2D eigenvalue weighted by molar-refractivity contribution is 7.92. The van der Waals surface area contributed by atoms with Crippen LogP contribution in [0.3, 0.4) is 0 Å². The third-order valence-electron chi connectivity index (χ3n) is 4.04. The van der Waals surface area contributed by atoms with Gasteiger partial charge in [0.05, 0.1) is 23.0 Å². The van der Waals surface area contributed by atoms with Crippen LogP contribution in [-0.2, 0) is 19.9 Å². The molecule has 1 aromatic rings. The van der Waals surface area contributed by atoms with Crippen molar-refractivity contribution in [2.75, 3.05) is 25.2 Å². The number of benzene rings is 1. The predicted molar refractivity (Wildman–Crippen MR) is 84.2 cm³/mol. The van der Waals surface area contributed by atoms with E-state index in [0.717, 1.165) is 0 Å². The van der Waals surface area contributed by atoms with Crippen molar-refractivity contribution in [1.82, 2.24) is 4.31 Å². The lowest BCUT2D eigenvalue weighted by Crippen LogP contribution is -2.48. The van der Waals surface area contributed by atoms with Crippen LogP contribution in [0.1, 0.15) is 20.3 Å². The standard InChI is InChI=1S/C14H21NO5S2/c1-4-20-12-5-7-13(8-6-12)22(18,19)15(3)14(2)9-10-21(16,17)11-14/h5-8H,4,9-11H2,1-3H3/t14-/m1/s1. The summed E-state index contributed by atoms with van der Waals surface area (Å²) in [7, 11) is -5.49. The zero-order valence-electron chi connectivity index (χ0n) is 12.9. The van der Waals surface area contributed by atoms with Crippen molar-refractivity contribution in [3.05, 3.63) is 24.3 Å². The minimum absolute atomic E-state index is 0.0205. The average molecular weight is 347 g/mol. The largest absolute Gasteiger partial charge is 0.494 e. The minimum Gasteiger partial charge on any atom is -0.494 e. The quantitative estimate of drug-likeness (QED) is 0.801. The Morgan fingerprint density at radius 3 is 2.32 bits per heavy atom. The first-order valence-corrected chi connectivity index (χ1v) is 10.3. The van der Waals surface area contributed by atoms with Gasteiger partial charge in [-0.25, -0.2) is 16.8 Å². The zero-order valence-corrected chi connectivity index (χ0v) is 14.6. The Morgan fingerprint density at radius 1 is 1.27 bits per heavy atom. The van der Waals surface area contributed by atoms with Crippen molar-refractivity contribution < 1.29 is 21.6 Å².